The third-order valence-corrected chi connectivity index (χ3v) is 4.54. The number of hydrogen-bond donors (Lipinski definition) is 2. The van der Waals surface area contributed by atoms with Crippen molar-refractivity contribution in [2.24, 2.45) is 0 Å². The molecular weight excluding hydrogens is 347 g/mol. The number of halogens is 1. The van der Waals surface area contributed by atoms with Crippen molar-refractivity contribution in [2.75, 3.05) is 13.1 Å². The van der Waals surface area contributed by atoms with Crippen LogP contribution in [0.3, 0.4) is 0 Å². The molecule has 0 aliphatic carbocycles. The first-order valence-electron chi connectivity index (χ1n) is 8.57. The number of carbonyl (C=O) groups is 2. The highest BCUT2D eigenvalue weighted by Crippen LogP contribution is 2.26. The summed E-state index contributed by atoms with van der Waals surface area (Å²) in [7, 11) is 0. The van der Waals surface area contributed by atoms with Gasteiger partial charge in [-0.05, 0) is 29.8 Å². The summed E-state index contributed by atoms with van der Waals surface area (Å²) in [5.74, 6) is -0.258. The van der Waals surface area contributed by atoms with Crippen molar-refractivity contribution in [3.8, 4) is 11.4 Å². The van der Waals surface area contributed by atoms with Gasteiger partial charge in [0.15, 0.2) is 0 Å². The van der Waals surface area contributed by atoms with E-state index >= 15 is 0 Å². The van der Waals surface area contributed by atoms with E-state index in [1.165, 1.54) is 29.2 Å². The highest BCUT2D eigenvalue weighted by Gasteiger charge is 2.34. The fourth-order valence-electron chi connectivity index (χ4n) is 3.25. The zero-order chi connectivity index (χ0) is 18.8. The maximum Gasteiger partial charge on any atom is 0.254 e. The van der Waals surface area contributed by atoms with Crippen LogP contribution in [-0.4, -0.2) is 39.8 Å². The molecule has 3 aromatic rings. The van der Waals surface area contributed by atoms with Crippen molar-refractivity contribution < 1.29 is 14.0 Å². The molecule has 2 amide bonds. The predicted octanol–water partition coefficient (Wildman–Crippen LogP) is 2.53. The molecule has 27 heavy (non-hydrogen) atoms. The van der Waals surface area contributed by atoms with Crippen molar-refractivity contribution in [1.82, 2.24) is 20.2 Å². The molecule has 0 bridgehead atoms. The van der Waals surface area contributed by atoms with Gasteiger partial charge in [0.2, 0.25) is 5.91 Å². The summed E-state index contributed by atoms with van der Waals surface area (Å²) < 4.78 is 13.3. The Bertz CT molecular complexity index is 970. The van der Waals surface area contributed by atoms with E-state index in [1.807, 2.05) is 6.07 Å². The van der Waals surface area contributed by atoms with Crippen LogP contribution >= 0.6 is 0 Å². The zero-order valence-corrected chi connectivity index (χ0v) is 14.4. The first kappa shape index (κ1) is 17.0. The van der Waals surface area contributed by atoms with Crippen LogP contribution in [0.25, 0.3) is 11.4 Å². The minimum atomic E-state index is -0.792. The Morgan fingerprint density at radius 1 is 1.19 bits per heavy atom. The van der Waals surface area contributed by atoms with E-state index in [4.69, 9.17) is 0 Å². The van der Waals surface area contributed by atoms with Crippen LogP contribution in [0.5, 0.6) is 0 Å². The lowest BCUT2D eigenvalue weighted by molar-refractivity contribution is -0.128. The van der Waals surface area contributed by atoms with Crippen LogP contribution in [0, 0.1) is 5.82 Å². The number of rotatable bonds is 3. The van der Waals surface area contributed by atoms with Crippen molar-refractivity contribution in [3.05, 3.63) is 77.9 Å². The molecule has 1 saturated heterocycles. The predicted molar refractivity (Wildman–Crippen MR) is 97.2 cm³/mol. The number of nitrogens with one attached hydrogen (secondary N) is 2. The smallest absolute Gasteiger partial charge is 0.254 e. The van der Waals surface area contributed by atoms with E-state index in [0.717, 1.165) is 5.56 Å². The molecule has 0 saturated carbocycles. The van der Waals surface area contributed by atoms with Crippen LogP contribution < -0.4 is 5.32 Å². The van der Waals surface area contributed by atoms with Crippen LogP contribution in [0.2, 0.25) is 0 Å². The number of aromatic amines is 1. The van der Waals surface area contributed by atoms with Gasteiger partial charge in [0.1, 0.15) is 17.7 Å². The monoisotopic (exact) mass is 364 g/mol. The number of aromatic nitrogens is 2. The maximum atomic E-state index is 13.3. The molecule has 2 heterocycles. The third-order valence-electron chi connectivity index (χ3n) is 4.54. The second-order valence-corrected chi connectivity index (χ2v) is 6.26. The Balaban J connectivity index is 1.67. The first-order valence-corrected chi connectivity index (χ1v) is 8.57. The topological polar surface area (TPSA) is 78.1 Å². The molecule has 0 radical (unpaired) electrons. The van der Waals surface area contributed by atoms with E-state index in [0.29, 0.717) is 30.0 Å². The van der Waals surface area contributed by atoms with Gasteiger partial charge in [-0.2, -0.15) is 0 Å². The summed E-state index contributed by atoms with van der Waals surface area (Å²) in [5, 5.41) is 2.77. The molecule has 4 rings (SSSR count). The number of H-pyrrole nitrogens is 1. The molecule has 1 aliphatic rings. The quantitative estimate of drug-likeness (QED) is 0.750. The SMILES string of the molecule is O=C1NCCN(C(=O)c2cccc(-c3ncc[nH]3)c2)[C@H]1c1ccc(F)cc1. The van der Waals surface area contributed by atoms with Crippen LogP contribution in [0.1, 0.15) is 22.0 Å². The van der Waals surface area contributed by atoms with Crippen LogP contribution in [0.15, 0.2) is 60.9 Å². The summed E-state index contributed by atoms with van der Waals surface area (Å²) in [6.07, 6.45) is 3.35. The Hall–Kier alpha value is -3.48. The van der Waals surface area contributed by atoms with Gasteiger partial charge >= 0.3 is 0 Å². The van der Waals surface area contributed by atoms with Gasteiger partial charge in [-0.1, -0.05) is 24.3 Å². The van der Waals surface area contributed by atoms with Gasteiger partial charge in [-0.25, -0.2) is 9.37 Å². The molecule has 0 spiro atoms. The van der Waals surface area contributed by atoms with Crippen molar-refractivity contribution in [1.29, 1.82) is 0 Å². The Morgan fingerprint density at radius 3 is 2.74 bits per heavy atom. The molecule has 136 valence electrons. The molecule has 1 aromatic heterocycles. The lowest BCUT2D eigenvalue weighted by Crippen LogP contribution is -2.52. The Labute approximate surface area is 155 Å². The number of nitrogens with zero attached hydrogens (tertiary/aromatic N) is 2. The van der Waals surface area contributed by atoms with E-state index in [1.54, 1.807) is 30.6 Å². The molecule has 2 aromatic carbocycles. The standard InChI is InChI=1S/C20H17FN4O2/c21-16-6-4-13(5-7-16)17-19(26)24-10-11-25(17)20(27)15-3-1-2-14(12-15)18-22-8-9-23-18/h1-9,12,17H,10-11H2,(H,22,23)(H,24,26)/t17-/m0/s1. The molecule has 1 fully saturated rings. The minimum Gasteiger partial charge on any atom is -0.352 e. The van der Waals surface area contributed by atoms with E-state index in [9.17, 15) is 14.0 Å². The van der Waals surface area contributed by atoms with Gasteiger partial charge in [-0.15, -0.1) is 0 Å². The summed E-state index contributed by atoms with van der Waals surface area (Å²) in [6, 6.07) is 11.9. The number of benzene rings is 2. The second-order valence-electron chi connectivity index (χ2n) is 6.26. The highest BCUT2D eigenvalue weighted by molar-refractivity contribution is 5.99. The minimum absolute atomic E-state index is 0.257. The van der Waals surface area contributed by atoms with Crippen molar-refractivity contribution in [2.45, 2.75) is 6.04 Å². The molecule has 1 atom stereocenters. The lowest BCUT2D eigenvalue weighted by atomic mass is 10.0. The van der Waals surface area contributed by atoms with E-state index in [2.05, 4.69) is 15.3 Å². The van der Waals surface area contributed by atoms with E-state index in [-0.39, 0.29) is 17.6 Å². The summed E-state index contributed by atoms with van der Waals surface area (Å²) >= 11 is 0. The summed E-state index contributed by atoms with van der Waals surface area (Å²) in [6.45, 7) is 0.748. The fourth-order valence-corrected chi connectivity index (χ4v) is 3.25. The van der Waals surface area contributed by atoms with E-state index < -0.39 is 6.04 Å². The molecule has 0 unspecified atom stereocenters. The second kappa shape index (κ2) is 7.03. The van der Waals surface area contributed by atoms with Crippen LogP contribution in [0.4, 0.5) is 4.39 Å². The summed E-state index contributed by atoms with van der Waals surface area (Å²) in [4.78, 5) is 34.4. The zero-order valence-electron chi connectivity index (χ0n) is 14.4. The number of carbonyl (C=O) groups excluding carboxylic acids is 2. The number of hydrogen-bond acceptors (Lipinski definition) is 3. The summed E-state index contributed by atoms with van der Waals surface area (Å²) in [5.41, 5.74) is 1.82. The fraction of sp³-hybridized carbons (Fsp3) is 0.150. The molecule has 1 aliphatic heterocycles. The molecular formula is C20H17FN4O2. The Kier molecular flexibility index (Phi) is 4.42. The number of amides is 2. The number of imidazole rings is 1. The van der Waals surface area contributed by atoms with Crippen LogP contribution in [-0.2, 0) is 4.79 Å². The first-order chi connectivity index (χ1) is 13.1. The largest absolute Gasteiger partial charge is 0.352 e. The molecule has 2 N–H and O–H groups in total. The third kappa shape index (κ3) is 3.31. The average Bonchev–Trinajstić information content (AvgIpc) is 3.23. The number of piperazine rings is 1. The average molecular weight is 364 g/mol. The Morgan fingerprint density at radius 2 is 2.00 bits per heavy atom. The van der Waals surface area contributed by atoms with Gasteiger partial charge in [0, 0.05) is 36.6 Å². The van der Waals surface area contributed by atoms with Gasteiger partial charge in [0.05, 0.1) is 0 Å². The lowest BCUT2D eigenvalue weighted by Gasteiger charge is -2.35. The van der Waals surface area contributed by atoms with Crippen molar-refractivity contribution in [3.63, 3.8) is 0 Å². The van der Waals surface area contributed by atoms with Gasteiger partial charge in [-0.3, -0.25) is 9.59 Å². The van der Waals surface area contributed by atoms with Crippen molar-refractivity contribution >= 4 is 11.8 Å². The highest BCUT2D eigenvalue weighted by atomic mass is 19.1. The normalized spacial score (nSPS) is 16.9. The van der Waals surface area contributed by atoms with Gasteiger partial charge in [0.25, 0.3) is 5.91 Å². The van der Waals surface area contributed by atoms with Gasteiger partial charge < -0.3 is 15.2 Å². The molecule has 7 heteroatoms. The molecule has 6 nitrogen and oxygen atoms in total. The maximum absolute atomic E-state index is 13.3.